The number of carbonyl (C=O) groups excluding carboxylic acids is 1. The summed E-state index contributed by atoms with van der Waals surface area (Å²) in [5.41, 5.74) is 0.227. The third-order valence-electron chi connectivity index (χ3n) is 2.46. The van der Waals surface area contributed by atoms with Gasteiger partial charge in [0.05, 0.1) is 9.94 Å². The van der Waals surface area contributed by atoms with Crippen LogP contribution in [0.1, 0.15) is 37.0 Å². The monoisotopic (exact) mass is 280 g/mol. The van der Waals surface area contributed by atoms with Crippen molar-refractivity contribution in [2.24, 2.45) is 0 Å². The largest absolute Gasteiger partial charge is 0.379 e. The maximum Gasteiger partial charge on any atom is 0.165 e. The molecule has 0 unspecified atom stereocenters. The molecular formula is C11H14Cl2O2S. The molecular weight excluding hydrogens is 267 g/mol. The molecule has 0 saturated carbocycles. The Morgan fingerprint density at radius 1 is 1.50 bits per heavy atom. The van der Waals surface area contributed by atoms with Crippen molar-refractivity contribution in [2.75, 3.05) is 7.11 Å². The summed E-state index contributed by atoms with van der Waals surface area (Å²) in [5.74, 6) is 0.0123. The number of halogens is 2. The predicted molar refractivity (Wildman–Crippen MR) is 69.0 cm³/mol. The Morgan fingerprint density at radius 2 is 2.12 bits per heavy atom. The van der Waals surface area contributed by atoms with E-state index in [2.05, 4.69) is 0 Å². The molecule has 0 bridgehead atoms. The van der Waals surface area contributed by atoms with E-state index in [0.29, 0.717) is 27.1 Å². The summed E-state index contributed by atoms with van der Waals surface area (Å²) in [6, 6.07) is 1.62. The summed E-state index contributed by atoms with van der Waals surface area (Å²) in [6.45, 7) is 3.89. The van der Waals surface area contributed by atoms with E-state index < -0.39 is 0 Å². The van der Waals surface area contributed by atoms with E-state index in [1.807, 2.05) is 13.8 Å². The van der Waals surface area contributed by atoms with Crippen LogP contribution < -0.4 is 0 Å². The lowest BCUT2D eigenvalue weighted by atomic mass is 9.99. The lowest BCUT2D eigenvalue weighted by molar-refractivity contribution is 0.0141. The molecule has 0 amide bonds. The van der Waals surface area contributed by atoms with Gasteiger partial charge < -0.3 is 4.74 Å². The lowest BCUT2D eigenvalue weighted by Crippen LogP contribution is -2.23. The third-order valence-corrected chi connectivity index (χ3v) is 3.95. The smallest absolute Gasteiger partial charge is 0.165 e. The topological polar surface area (TPSA) is 26.3 Å². The van der Waals surface area contributed by atoms with Crippen LogP contribution in [-0.4, -0.2) is 18.5 Å². The molecule has 0 aliphatic carbocycles. The molecule has 0 aromatic carbocycles. The molecule has 16 heavy (non-hydrogen) atoms. The summed E-state index contributed by atoms with van der Waals surface area (Å²) in [7, 11) is 1.64. The molecule has 5 heteroatoms. The number of rotatable bonds is 5. The van der Waals surface area contributed by atoms with Crippen molar-refractivity contribution in [1.82, 2.24) is 0 Å². The van der Waals surface area contributed by atoms with Gasteiger partial charge in [-0.3, -0.25) is 4.79 Å². The molecule has 1 heterocycles. The second-order valence-electron chi connectivity index (χ2n) is 4.12. The second-order valence-corrected chi connectivity index (χ2v) is 6.41. The number of ether oxygens (including phenoxy) is 1. The highest BCUT2D eigenvalue weighted by atomic mass is 35.5. The molecule has 0 saturated heterocycles. The van der Waals surface area contributed by atoms with Crippen LogP contribution in [0.15, 0.2) is 6.07 Å². The predicted octanol–water partition coefficient (Wildman–Crippen LogP) is 4.44. The normalized spacial score (nSPS) is 11.8. The summed E-state index contributed by atoms with van der Waals surface area (Å²) >= 11 is 12.9. The first-order valence-electron chi connectivity index (χ1n) is 4.89. The minimum atomic E-state index is -0.290. The third kappa shape index (κ3) is 3.74. The lowest BCUT2D eigenvalue weighted by Gasteiger charge is -2.22. The van der Waals surface area contributed by atoms with Gasteiger partial charge in [0.1, 0.15) is 4.34 Å². The van der Waals surface area contributed by atoms with Gasteiger partial charge in [0.15, 0.2) is 5.78 Å². The molecule has 0 N–H and O–H groups in total. The number of carbonyl (C=O) groups is 1. The SMILES string of the molecule is COC(C)(C)CCC(=O)c1cc(Cl)sc1Cl. The second kappa shape index (κ2) is 5.50. The maximum absolute atomic E-state index is 11.8. The van der Waals surface area contributed by atoms with Gasteiger partial charge in [-0.15, -0.1) is 11.3 Å². The Labute approximate surface area is 110 Å². The van der Waals surface area contributed by atoms with E-state index in [1.54, 1.807) is 13.2 Å². The minimum Gasteiger partial charge on any atom is -0.379 e. The first kappa shape index (κ1) is 14.0. The van der Waals surface area contributed by atoms with Crippen LogP contribution in [0.5, 0.6) is 0 Å². The van der Waals surface area contributed by atoms with E-state index in [0.717, 1.165) is 0 Å². The van der Waals surface area contributed by atoms with Crippen molar-refractivity contribution in [3.05, 3.63) is 20.3 Å². The highest BCUT2D eigenvalue weighted by Crippen LogP contribution is 2.32. The van der Waals surface area contributed by atoms with Gasteiger partial charge in [-0.25, -0.2) is 0 Å². The fourth-order valence-electron chi connectivity index (χ4n) is 1.18. The summed E-state index contributed by atoms with van der Waals surface area (Å²) in [5, 5.41) is 0. The molecule has 0 spiro atoms. The number of thiophene rings is 1. The Balaban J connectivity index is 2.63. The van der Waals surface area contributed by atoms with E-state index in [-0.39, 0.29) is 11.4 Å². The first-order valence-corrected chi connectivity index (χ1v) is 6.46. The van der Waals surface area contributed by atoms with E-state index in [4.69, 9.17) is 27.9 Å². The minimum absolute atomic E-state index is 0.0123. The van der Waals surface area contributed by atoms with Gasteiger partial charge in [-0.2, -0.15) is 0 Å². The van der Waals surface area contributed by atoms with E-state index >= 15 is 0 Å². The molecule has 90 valence electrons. The molecule has 1 aromatic heterocycles. The zero-order valence-electron chi connectivity index (χ0n) is 9.47. The standard InChI is InChI=1S/C11H14Cl2O2S/c1-11(2,15-3)5-4-8(14)7-6-9(12)16-10(7)13/h6H,4-5H2,1-3H3. The van der Waals surface area contributed by atoms with Crippen LogP contribution in [0.4, 0.5) is 0 Å². The quantitative estimate of drug-likeness (QED) is 0.746. The maximum atomic E-state index is 11.8. The average molecular weight is 281 g/mol. The number of Topliss-reactive ketones (excluding diaryl/α,β-unsaturated/α-hetero) is 1. The van der Waals surface area contributed by atoms with Crippen molar-refractivity contribution in [3.8, 4) is 0 Å². The zero-order valence-corrected chi connectivity index (χ0v) is 11.8. The molecule has 0 aliphatic heterocycles. The Bertz CT molecular complexity index is 385. The molecule has 0 radical (unpaired) electrons. The zero-order chi connectivity index (χ0) is 12.3. The number of methoxy groups -OCH3 is 1. The van der Waals surface area contributed by atoms with Crippen LogP contribution in [0, 0.1) is 0 Å². The summed E-state index contributed by atoms with van der Waals surface area (Å²) in [4.78, 5) is 11.8. The number of ketones is 1. The van der Waals surface area contributed by atoms with Crippen LogP contribution >= 0.6 is 34.5 Å². The van der Waals surface area contributed by atoms with Gasteiger partial charge in [0.25, 0.3) is 0 Å². The van der Waals surface area contributed by atoms with Gasteiger partial charge in [0, 0.05) is 19.1 Å². The van der Waals surface area contributed by atoms with Crippen molar-refractivity contribution in [2.45, 2.75) is 32.3 Å². The van der Waals surface area contributed by atoms with Crippen LogP contribution in [-0.2, 0) is 4.74 Å². The van der Waals surface area contributed by atoms with Crippen LogP contribution in [0.2, 0.25) is 8.67 Å². The van der Waals surface area contributed by atoms with E-state index in [1.165, 1.54) is 11.3 Å². The van der Waals surface area contributed by atoms with E-state index in [9.17, 15) is 4.79 Å². The van der Waals surface area contributed by atoms with Crippen molar-refractivity contribution in [3.63, 3.8) is 0 Å². The highest BCUT2D eigenvalue weighted by Gasteiger charge is 2.20. The Hall–Kier alpha value is -0.0900. The number of hydrogen-bond donors (Lipinski definition) is 0. The molecule has 0 atom stereocenters. The fourth-order valence-corrected chi connectivity index (χ4v) is 2.68. The van der Waals surface area contributed by atoms with Crippen molar-refractivity contribution < 1.29 is 9.53 Å². The fraction of sp³-hybridized carbons (Fsp3) is 0.545. The first-order chi connectivity index (χ1) is 7.35. The van der Waals surface area contributed by atoms with Crippen LogP contribution in [0.25, 0.3) is 0 Å². The highest BCUT2D eigenvalue weighted by molar-refractivity contribution is 7.20. The summed E-state index contributed by atoms with van der Waals surface area (Å²) < 4.78 is 6.25. The van der Waals surface area contributed by atoms with Gasteiger partial charge in [0.2, 0.25) is 0 Å². The van der Waals surface area contributed by atoms with Gasteiger partial charge in [-0.05, 0) is 26.3 Å². The Kier molecular flexibility index (Phi) is 4.80. The molecule has 1 rings (SSSR count). The molecule has 2 nitrogen and oxygen atoms in total. The van der Waals surface area contributed by atoms with Gasteiger partial charge >= 0.3 is 0 Å². The average Bonchev–Trinajstić information content (AvgIpc) is 2.54. The molecule has 0 fully saturated rings. The number of hydrogen-bond acceptors (Lipinski definition) is 3. The summed E-state index contributed by atoms with van der Waals surface area (Å²) in [6.07, 6.45) is 1.07. The molecule has 1 aromatic rings. The molecule has 0 aliphatic rings. The van der Waals surface area contributed by atoms with Crippen molar-refractivity contribution in [1.29, 1.82) is 0 Å². The van der Waals surface area contributed by atoms with Crippen molar-refractivity contribution >= 4 is 40.3 Å². The van der Waals surface area contributed by atoms with Crippen LogP contribution in [0.3, 0.4) is 0 Å². The Morgan fingerprint density at radius 3 is 2.56 bits per heavy atom. The van der Waals surface area contributed by atoms with Gasteiger partial charge in [-0.1, -0.05) is 23.2 Å².